The number of hydrogen-bond donors (Lipinski definition) is 0. The molecule has 5 rings (SSSR count). The Bertz CT molecular complexity index is 1900. The van der Waals surface area contributed by atoms with Crippen molar-refractivity contribution in [2.45, 2.75) is 33.4 Å². The van der Waals surface area contributed by atoms with E-state index < -0.39 is 12.0 Å². The zero-order chi connectivity index (χ0) is 30.7. The van der Waals surface area contributed by atoms with E-state index in [0.29, 0.717) is 53.8 Å². The van der Waals surface area contributed by atoms with E-state index in [-0.39, 0.29) is 18.8 Å². The van der Waals surface area contributed by atoms with Crippen LogP contribution in [0.3, 0.4) is 0 Å². The fraction of sp³-hybridized carbons (Fsp3) is 0.219. The number of hydrogen-bond acceptors (Lipinski definition) is 7. The molecule has 0 radical (unpaired) electrons. The van der Waals surface area contributed by atoms with Gasteiger partial charge in [0, 0.05) is 20.6 Å². The summed E-state index contributed by atoms with van der Waals surface area (Å²) in [5.41, 5.74) is 2.75. The maximum atomic E-state index is 13.9. The van der Waals surface area contributed by atoms with Gasteiger partial charge in [-0.05, 0) is 74.4 Å². The number of ether oxygens (including phenoxy) is 3. The van der Waals surface area contributed by atoms with E-state index in [1.807, 2.05) is 25.1 Å². The minimum Gasteiger partial charge on any atom is -0.490 e. The maximum Gasteiger partial charge on any atom is 0.338 e. The molecular formula is C32H27Cl3N2O5S. The molecule has 1 unspecified atom stereocenters. The molecule has 0 amide bonds. The van der Waals surface area contributed by atoms with Crippen LogP contribution in [0.4, 0.5) is 0 Å². The van der Waals surface area contributed by atoms with E-state index >= 15 is 0 Å². The highest BCUT2D eigenvalue weighted by molar-refractivity contribution is 7.07. The van der Waals surface area contributed by atoms with Crippen molar-refractivity contribution < 1.29 is 19.0 Å². The smallest absolute Gasteiger partial charge is 0.338 e. The van der Waals surface area contributed by atoms with Gasteiger partial charge in [-0.2, -0.15) is 0 Å². The zero-order valence-corrected chi connectivity index (χ0v) is 26.6. The van der Waals surface area contributed by atoms with Crippen molar-refractivity contribution >= 4 is 58.2 Å². The molecule has 0 spiro atoms. The first-order chi connectivity index (χ1) is 20.7. The quantitative estimate of drug-likeness (QED) is 0.187. The molecule has 2 heterocycles. The summed E-state index contributed by atoms with van der Waals surface area (Å²) in [5.74, 6) is 0.535. The third kappa shape index (κ3) is 6.68. The lowest BCUT2D eigenvalue weighted by molar-refractivity contribution is -0.139. The monoisotopic (exact) mass is 656 g/mol. The summed E-state index contributed by atoms with van der Waals surface area (Å²) in [6.45, 7) is 6.20. The first-order valence-corrected chi connectivity index (χ1v) is 15.4. The van der Waals surface area contributed by atoms with Crippen molar-refractivity contribution in [2.75, 3.05) is 13.2 Å². The minimum atomic E-state index is -0.718. The second-order valence-electron chi connectivity index (χ2n) is 9.52. The number of fused-ring (bicyclic) bond motifs is 1. The fourth-order valence-corrected chi connectivity index (χ4v) is 6.34. The van der Waals surface area contributed by atoms with Crippen molar-refractivity contribution in [3.05, 3.63) is 123 Å². The molecular weight excluding hydrogens is 631 g/mol. The number of rotatable bonds is 9. The molecule has 7 nitrogen and oxygen atoms in total. The zero-order valence-electron chi connectivity index (χ0n) is 23.5. The normalized spacial score (nSPS) is 14.7. The largest absolute Gasteiger partial charge is 0.490 e. The number of esters is 1. The van der Waals surface area contributed by atoms with Crippen LogP contribution in [0.15, 0.2) is 81.7 Å². The molecule has 0 bridgehead atoms. The molecule has 222 valence electrons. The molecule has 0 fully saturated rings. The molecule has 0 aliphatic carbocycles. The standard InChI is InChI=1S/C32H27Cl3N2O5S/c1-4-40-26-14-19(6-13-25(26)42-17-21-9-12-23(34)16-24(21)35)15-27-30(38)37-29(20-7-10-22(33)11-8-20)28(31(39)41-5-2)18(3)36-32(37)43-27/h6-16,29H,4-5,17H2,1-3H3/b27-15-. The number of carbonyl (C=O) groups is 1. The van der Waals surface area contributed by atoms with Crippen LogP contribution >= 0.6 is 46.1 Å². The number of halogens is 3. The number of carbonyl (C=O) groups excluding carboxylic acids is 1. The Kier molecular flexibility index (Phi) is 9.62. The highest BCUT2D eigenvalue weighted by Crippen LogP contribution is 2.32. The lowest BCUT2D eigenvalue weighted by atomic mass is 9.96. The van der Waals surface area contributed by atoms with E-state index in [4.69, 9.17) is 49.0 Å². The number of aromatic nitrogens is 1. The summed E-state index contributed by atoms with van der Waals surface area (Å²) in [6.07, 6.45) is 1.77. The highest BCUT2D eigenvalue weighted by atomic mass is 35.5. The molecule has 0 N–H and O–H groups in total. The van der Waals surface area contributed by atoms with Gasteiger partial charge in [-0.15, -0.1) is 0 Å². The van der Waals surface area contributed by atoms with Crippen molar-refractivity contribution in [3.63, 3.8) is 0 Å². The van der Waals surface area contributed by atoms with E-state index in [0.717, 1.165) is 16.7 Å². The summed E-state index contributed by atoms with van der Waals surface area (Å²) in [6, 6.07) is 17.0. The van der Waals surface area contributed by atoms with E-state index in [9.17, 15) is 9.59 Å². The Balaban J connectivity index is 1.54. The summed E-state index contributed by atoms with van der Waals surface area (Å²) in [5, 5.41) is 1.60. The van der Waals surface area contributed by atoms with Crippen LogP contribution in [-0.4, -0.2) is 23.8 Å². The van der Waals surface area contributed by atoms with Crippen LogP contribution in [-0.2, 0) is 16.1 Å². The molecule has 1 atom stereocenters. The Morgan fingerprint density at radius 2 is 1.70 bits per heavy atom. The second kappa shape index (κ2) is 13.4. The van der Waals surface area contributed by atoms with Crippen LogP contribution in [0.1, 0.15) is 43.5 Å². The number of allylic oxidation sites excluding steroid dienone is 1. The molecule has 43 heavy (non-hydrogen) atoms. The molecule has 1 aromatic heterocycles. The minimum absolute atomic E-state index is 0.196. The average molecular weight is 658 g/mol. The van der Waals surface area contributed by atoms with Crippen molar-refractivity contribution in [2.24, 2.45) is 4.99 Å². The van der Waals surface area contributed by atoms with Crippen LogP contribution < -0.4 is 24.4 Å². The molecule has 11 heteroatoms. The first-order valence-electron chi connectivity index (χ1n) is 13.5. The molecule has 1 aliphatic heterocycles. The van der Waals surface area contributed by atoms with Gasteiger partial charge in [-0.1, -0.05) is 70.4 Å². The van der Waals surface area contributed by atoms with Crippen molar-refractivity contribution in [1.82, 2.24) is 4.57 Å². The molecule has 0 saturated carbocycles. The van der Waals surface area contributed by atoms with Crippen molar-refractivity contribution in [1.29, 1.82) is 0 Å². The third-order valence-corrected chi connectivity index (χ3v) is 8.49. The summed E-state index contributed by atoms with van der Waals surface area (Å²) >= 11 is 19.7. The van der Waals surface area contributed by atoms with E-state index in [2.05, 4.69) is 4.99 Å². The number of nitrogens with zero attached hydrogens (tertiary/aromatic N) is 2. The second-order valence-corrected chi connectivity index (χ2v) is 11.8. The van der Waals surface area contributed by atoms with Gasteiger partial charge in [0.25, 0.3) is 5.56 Å². The van der Waals surface area contributed by atoms with Gasteiger partial charge < -0.3 is 14.2 Å². The van der Waals surface area contributed by atoms with Crippen LogP contribution in [0.2, 0.25) is 15.1 Å². The Labute approximate surface area is 267 Å². The summed E-state index contributed by atoms with van der Waals surface area (Å²) in [4.78, 5) is 32.1. The Morgan fingerprint density at radius 3 is 2.40 bits per heavy atom. The maximum absolute atomic E-state index is 13.9. The van der Waals surface area contributed by atoms with Gasteiger partial charge in [0.1, 0.15) is 6.61 Å². The average Bonchev–Trinajstić information content (AvgIpc) is 3.27. The predicted molar refractivity (Wildman–Crippen MR) is 170 cm³/mol. The Morgan fingerprint density at radius 1 is 0.953 bits per heavy atom. The fourth-order valence-electron chi connectivity index (χ4n) is 4.70. The third-order valence-electron chi connectivity index (χ3n) is 6.67. The van der Waals surface area contributed by atoms with E-state index in [1.165, 1.54) is 15.9 Å². The van der Waals surface area contributed by atoms with Crippen LogP contribution in [0.25, 0.3) is 6.08 Å². The molecule has 3 aromatic carbocycles. The predicted octanol–water partition coefficient (Wildman–Crippen LogP) is 6.74. The van der Waals surface area contributed by atoms with Gasteiger partial charge in [-0.25, -0.2) is 9.79 Å². The molecule has 1 aliphatic rings. The van der Waals surface area contributed by atoms with Gasteiger partial charge in [0.2, 0.25) is 0 Å². The van der Waals surface area contributed by atoms with Crippen LogP contribution in [0, 0.1) is 0 Å². The first kappa shape index (κ1) is 30.9. The molecule has 4 aromatic rings. The van der Waals surface area contributed by atoms with Gasteiger partial charge in [0.15, 0.2) is 16.3 Å². The SMILES string of the molecule is CCOC(=O)C1=C(C)N=c2s/c(=C\c3ccc(OCc4ccc(Cl)cc4Cl)c(OCC)c3)c(=O)n2C1c1ccc(Cl)cc1. The van der Waals surface area contributed by atoms with Gasteiger partial charge in [-0.3, -0.25) is 9.36 Å². The number of benzene rings is 3. The number of thiazole rings is 1. The molecule has 0 saturated heterocycles. The lowest BCUT2D eigenvalue weighted by Gasteiger charge is -2.24. The Hall–Kier alpha value is -3.56. The van der Waals surface area contributed by atoms with E-state index in [1.54, 1.807) is 62.4 Å². The van der Waals surface area contributed by atoms with Gasteiger partial charge >= 0.3 is 5.97 Å². The summed E-state index contributed by atoms with van der Waals surface area (Å²) in [7, 11) is 0. The lowest BCUT2D eigenvalue weighted by Crippen LogP contribution is -2.39. The summed E-state index contributed by atoms with van der Waals surface area (Å²) < 4.78 is 19.2. The highest BCUT2D eigenvalue weighted by Gasteiger charge is 2.33. The van der Waals surface area contributed by atoms with Crippen molar-refractivity contribution in [3.8, 4) is 11.5 Å². The topological polar surface area (TPSA) is 79.1 Å². The van der Waals surface area contributed by atoms with Crippen LogP contribution in [0.5, 0.6) is 11.5 Å². The van der Waals surface area contributed by atoms with Gasteiger partial charge in [0.05, 0.1) is 35.1 Å².